The maximum atomic E-state index is 15.7. The lowest BCUT2D eigenvalue weighted by atomic mass is 9.97. The molecule has 1 aliphatic rings. The van der Waals surface area contributed by atoms with Crippen LogP contribution in [0.15, 0.2) is 18.3 Å². The molecule has 0 saturated heterocycles. The Morgan fingerprint density at radius 2 is 2.13 bits per heavy atom. The Balaban J connectivity index is 1.85. The summed E-state index contributed by atoms with van der Waals surface area (Å²) in [5.74, 6) is -1.38. The van der Waals surface area contributed by atoms with Gasteiger partial charge >= 0.3 is 0 Å². The highest BCUT2D eigenvalue weighted by Crippen LogP contribution is 2.43. The van der Waals surface area contributed by atoms with Crippen LogP contribution in [0.3, 0.4) is 0 Å². The first-order chi connectivity index (χ1) is 16.7. The predicted molar refractivity (Wildman–Crippen MR) is 107 cm³/mol. The van der Waals surface area contributed by atoms with Gasteiger partial charge in [-0.1, -0.05) is 11.6 Å². The molecule has 0 aliphatic carbocycles. The van der Waals surface area contributed by atoms with Crippen molar-refractivity contribution < 1.29 is 21.7 Å². The van der Waals surface area contributed by atoms with Crippen molar-refractivity contribution in [3.8, 4) is 22.5 Å². The Bertz CT molecular complexity index is 1480. The van der Waals surface area contributed by atoms with Crippen molar-refractivity contribution in [3.05, 3.63) is 46.5 Å². The minimum absolute atomic E-state index is 0.00633. The highest BCUT2D eigenvalue weighted by molar-refractivity contribution is 6.35. The predicted octanol–water partition coefficient (Wildman–Crippen LogP) is 4.43. The maximum absolute atomic E-state index is 15.7. The van der Waals surface area contributed by atoms with E-state index in [4.69, 9.17) is 24.6 Å². The number of aromatic nitrogens is 6. The number of pyridine rings is 2. The SMILES string of the molecule is [2H]C([2H])([2H])C1(C([2H])([2H])[2H])Cn2nc(-c3ccc(F)cn3)c(-c3c(F)c(C)nc4[nH]nc(Cl)c34)c2CO1. The van der Waals surface area contributed by atoms with Crippen LogP contribution in [0, 0.1) is 18.6 Å². The second-order valence-electron chi connectivity index (χ2n) is 6.93. The number of aryl methyl sites for hydroxylation is 1. The Morgan fingerprint density at radius 1 is 1.30 bits per heavy atom. The molecule has 154 valence electrons. The first-order valence-electron chi connectivity index (χ1n) is 11.8. The number of hydrogen-bond donors (Lipinski definition) is 1. The van der Waals surface area contributed by atoms with Gasteiger partial charge in [0.05, 0.1) is 47.4 Å². The van der Waals surface area contributed by atoms with Gasteiger partial charge in [0.25, 0.3) is 0 Å². The van der Waals surface area contributed by atoms with Crippen molar-refractivity contribution >= 4 is 22.6 Å². The third-order valence-electron chi connectivity index (χ3n) is 4.88. The Labute approximate surface area is 183 Å². The first kappa shape index (κ1) is 13.4. The number of fused-ring (bicyclic) bond motifs is 2. The number of aromatic amines is 1. The molecule has 4 aromatic heterocycles. The summed E-state index contributed by atoms with van der Waals surface area (Å²) in [6, 6.07) is 2.44. The second kappa shape index (κ2) is 6.55. The third kappa shape index (κ3) is 2.88. The highest BCUT2D eigenvalue weighted by atomic mass is 35.5. The number of hydrogen-bond acceptors (Lipinski definition) is 5. The molecule has 5 rings (SSSR count). The maximum Gasteiger partial charge on any atom is 0.161 e. The third-order valence-corrected chi connectivity index (χ3v) is 5.15. The summed E-state index contributed by atoms with van der Waals surface area (Å²) in [6.45, 7) is -5.87. The average molecular weight is 437 g/mol. The molecule has 5 heterocycles. The molecule has 4 aromatic rings. The molecule has 0 aromatic carbocycles. The van der Waals surface area contributed by atoms with Crippen molar-refractivity contribution in [2.75, 3.05) is 0 Å². The van der Waals surface area contributed by atoms with Gasteiger partial charge in [0.2, 0.25) is 0 Å². The van der Waals surface area contributed by atoms with Crippen LogP contribution in [0.25, 0.3) is 33.5 Å². The zero-order valence-corrected chi connectivity index (χ0v) is 16.2. The van der Waals surface area contributed by atoms with E-state index in [0.717, 1.165) is 16.9 Å². The fourth-order valence-corrected chi connectivity index (χ4v) is 3.76. The van der Waals surface area contributed by atoms with Crippen LogP contribution < -0.4 is 0 Å². The number of nitrogens with one attached hydrogen (secondary N) is 1. The van der Waals surface area contributed by atoms with E-state index >= 15 is 4.39 Å². The minimum atomic E-state index is -3.05. The average Bonchev–Trinajstić information content (AvgIpc) is 3.34. The normalized spacial score (nSPS) is 19.3. The van der Waals surface area contributed by atoms with Crippen LogP contribution in [-0.4, -0.2) is 35.5 Å². The fraction of sp³-hybridized carbons (Fsp3) is 0.300. The van der Waals surface area contributed by atoms with Gasteiger partial charge in [0, 0.05) is 19.4 Å². The molecular formula is C20H17ClF2N6O. The number of rotatable bonds is 2. The van der Waals surface area contributed by atoms with Crippen LogP contribution in [0.1, 0.15) is 33.3 Å². The standard InChI is InChI=1S/C20H17ClF2N6O/c1-9-16(23)14(15-18(21)26-27-19(15)25-9)13-12-7-30-20(2,3)8-29(12)28-17(13)11-5-4-10(22)6-24-11/h4-6H,7-8H2,1-3H3,(H,25,26,27)/i2D3,3D3. The lowest BCUT2D eigenvalue weighted by Gasteiger charge is -2.31. The second-order valence-corrected chi connectivity index (χ2v) is 7.29. The largest absolute Gasteiger partial charge is 0.367 e. The summed E-state index contributed by atoms with van der Waals surface area (Å²) in [6.07, 6.45) is 0.942. The van der Waals surface area contributed by atoms with E-state index in [2.05, 4.69) is 25.3 Å². The topological polar surface area (TPSA) is 81.5 Å². The van der Waals surface area contributed by atoms with E-state index in [9.17, 15) is 4.39 Å². The van der Waals surface area contributed by atoms with E-state index in [-0.39, 0.29) is 50.1 Å². The molecule has 1 N–H and O–H groups in total. The van der Waals surface area contributed by atoms with Gasteiger partial charge in [-0.05, 0) is 32.8 Å². The van der Waals surface area contributed by atoms with Gasteiger partial charge < -0.3 is 4.74 Å². The van der Waals surface area contributed by atoms with Crippen LogP contribution in [0.4, 0.5) is 8.78 Å². The summed E-state index contributed by atoms with van der Waals surface area (Å²) in [7, 11) is 0. The summed E-state index contributed by atoms with van der Waals surface area (Å²) < 4.78 is 83.6. The summed E-state index contributed by atoms with van der Waals surface area (Å²) in [5.41, 5.74) is -1.96. The molecule has 0 bridgehead atoms. The molecule has 0 radical (unpaired) electrons. The van der Waals surface area contributed by atoms with Crippen molar-refractivity contribution in [1.82, 2.24) is 29.9 Å². The van der Waals surface area contributed by atoms with Crippen LogP contribution in [-0.2, 0) is 17.9 Å². The zero-order chi connectivity index (χ0) is 26.2. The van der Waals surface area contributed by atoms with E-state index < -0.39 is 44.1 Å². The highest BCUT2D eigenvalue weighted by Gasteiger charge is 2.34. The van der Waals surface area contributed by atoms with Crippen LogP contribution in [0.2, 0.25) is 5.15 Å². The molecule has 1 aliphatic heterocycles. The molecule has 0 spiro atoms. The van der Waals surface area contributed by atoms with Crippen molar-refractivity contribution in [3.63, 3.8) is 0 Å². The van der Waals surface area contributed by atoms with Gasteiger partial charge in [-0.2, -0.15) is 10.2 Å². The van der Waals surface area contributed by atoms with E-state index in [0.29, 0.717) is 0 Å². The van der Waals surface area contributed by atoms with Gasteiger partial charge in [-0.25, -0.2) is 13.8 Å². The lowest BCUT2D eigenvalue weighted by Crippen LogP contribution is -2.36. The molecule has 7 nitrogen and oxygen atoms in total. The molecule has 0 fully saturated rings. The molecule has 30 heavy (non-hydrogen) atoms. The van der Waals surface area contributed by atoms with Gasteiger partial charge in [0.15, 0.2) is 16.6 Å². The van der Waals surface area contributed by atoms with E-state index in [1.54, 1.807) is 0 Å². The minimum Gasteiger partial charge on any atom is -0.367 e. The van der Waals surface area contributed by atoms with Gasteiger partial charge in [-0.15, -0.1) is 0 Å². The molecule has 0 amide bonds. The number of ether oxygens (including phenoxy) is 1. The number of H-pyrrole nitrogens is 1. The van der Waals surface area contributed by atoms with Gasteiger partial charge in [-0.3, -0.25) is 14.8 Å². The van der Waals surface area contributed by atoms with Crippen molar-refractivity contribution in [2.24, 2.45) is 0 Å². The Morgan fingerprint density at radius 3 is 2.87 bits per heavy atom. The summed E-state index contributed by atoms with van der Waals surface area (Å²) in [5, 5.41) is 11.0. The molecule has 10 heteroatoms. The molecule has 0 unspecified atom stereocenters. The fourth-order valence-electron chi connectivity index (χ4n) is 3.54. The zero-order valence-electron chi connectivity index (χ0n) is 21.4. The molecule has 0 atom stereocenters. The van der Waals surface area contributed by atoms with E-state index in [1.165, 1.54) is 13.0 Å². The van der Waals surface area contributed by atoms with E-state index in [1.807, 2.05) is 0 Å². The summed E-state index contributed by atoms with van der Waals surface area (Å²) >= 11 is 6.26. The van der Waals surface area contributed by atoms with Crippen molar-refractivity contribution in [1.29, 1.82) is 0 Å². The number of nitrogens with zero attached hydrogens (tertiary/aromatic N) is 5. The van der Waals surface area contributed by atoms with Gasteiger partial charge in [0.1, 0.15) is 11.5 Å². The number of halogens is 3. The first-order valence-corrected chi connectivity index (χ1v) is 9.18. The van der Waals surface area contributed by atoms with Crippen LogP contribution >= 0.6 is 11.6 Å². The quantitative estimate of drug-likeness (QED) is 0.502. The van der Waals surface area contributed by atoms with Crippen molar-refractivity contribution in [2.45, 2.75) is 39.4 Å². The monoisotopic (exact) mass is 436 g/mol. The Hall–Kier alpha value is -2.91. The van der Waals surface area contributed by atoms with Crippen LogP contribution in [0.5, 0.6) is 0 Å². The molecule has 0 saturated carbocycles. The smallest absolute Gasteiger partial charge is 0.161 e. The lowest BCUT2D eigenvalue weighted by molar-refractivity contribution is -0.0657. The Kier molecular flexibility index (Phi) is 2.92. The molecular weight excluding hydrogens is 414 g/mol. The summed E-state index contributed by atoms with van der Waals surface area (Å²) in [4.78, 5) is 8.18.